The fourth-order valence-corrected chi connectivity index (χ4v) is 2.44. The van der Waals surface area contributed by atoms with Crippen LogP contribution in [0.25, 0.3) is 16.9 Å². The van der Waals surface area contributed by atoms with Gasteiger partial charge in [0.25, 0.3) is 0 Å². The second kappa shape index (κ2) is 5.69. The van der Waals surface area contributed by atoms with Crippen LogP contribution in [-0.2, 0) is 0 Å². The summed E-state index contributed by atoms with van der Waals surface area (Å²) >= 11 is 6.14. The normalized spacial score (nSPS) is 10.7. The molecule has 110 valence electrons. The van der Waals surface area contributed by atoms with E-state index in [0.29, 0.717) is 28.3 Å². The molecule has 0 aliphatic carbocycles. The Morgan fingerprint density at radius 3 is 2.73 bits per heavy atom. The Bertz CT molecular complexity index is 860. The first-order valence-corrected chi connectivity index (χ1v) is 6.92. The highest BCUT2D eigenvalue weighted by Gasteiger charge is 2.18. The topological polar surface area (TPSA) is 47.8 Å². The Balaban J connectivity index is 2.28. The molecule has 1 aromatic heterocycles. The van der Waals surface area contributed by atoms with E-state index in [1.54, 1.807) is 24.3 Å². The molecule has 0 aliphatic rings. The van der Waals surface area contributed by atoms with Crippen molar-refractivity contribution in [3.63, 3.8) is 0 Å². The summed E-state index contributed by atoms with van der Waals surface area (Å²) in [6.07, 6.45) is 0.601. The number of rotatable bonds is 3. The Kier molecular flexibility index (Phi) is 3.73. The largest absolute Gasteiger partial charge is 0.296 e. The molecule has 0 spiro atoms. The Morgan fingerprint density at radius 2 is 2.00 bits per heavy atom. The standard InChI is InChI=1S/C16H11ClFN3O/c1-10-13(17)6-3-7-15(10)21-16(14(9-22)19-20-21)11-4-2-5-12(18)8-11/h2-9H,1H3. The molecule has 3 aromatic rings. The van der Waals surface area contributed by atoms with Gasteiger partial charge >= 0.3 is 0 Å². The highest BCUT2D eigenvalue weighted by atomic mass is 35.5. The van der Waals surface area contributed by atoms with E-state index < -0.39 is 5.82 Å². The molecule has 0 N–H and O–H groups in total. The molecule has 0 unspecified atom stereocenters. The molecule has 0 fully saturated rings. The number of halogens is 2. The monoisotopic (exact) mass is 315 g/mol. The summed E-state index contributed by atoms with van der Waals surface area (Å²) in [6, 6.07) is 11.3. The number of hydrogen-bond acceptors (Lipinski definition) is 3. The average molecular weight is 316 g/mol. The molecule has 3 rings (SSSR count). The van der Waals surface area contributed by atoms with Crippen molar-refractivity contribution in [2.45, 2.75) is 6.92 Å². The maximum atomic E-state index is 13.5. The minimum absolute atomic E-state index is 0.143. The molecule has 22 heavy (non-hydrogen) atoms. The quantitative estimate of drug-likeness (QED) is 0.690. The highest BCUT2D eigenvalue weighted by molar-refractivity contribution is 6.31. The predicted molar refractivity (Wildman–Crippen MR) is 81.9 cm³/mol. The molecule has 0 radical (unpaired) electrons. The molecule has 0 amide bonds. The Hall–Kier alpha value is -2.53. The molecule has 0 saturated carbocycles. The van der Waals surface area contributed by atoms with Gasteiger partial charge in [0.1, 0.15) is 11.5 Å². The van der Waals surface area contributed by atoms with E-state index in [4.69, 9.17) is 11.6 Å². The molecule has 0 saturated heterocycles. The van der Waals surface area contributed by atoms with Gasteiger partial charge in [0.15, 0.2) is 12.0 Å². The van der Waals surface area contributed by atoms with Gasteiger partial charge in [-0.3, -0.25) is 4.79 Å². The first kappa shape index (κ1) is 14.4. The van der Waals surface area contributed by atoms with Crippen molar-refractivity contribution >= 4 is 17.9 Å². The minimum atomic E-state index is -0.398. The van der Waals surface area contributed by atoms with Crippen LogP contribution in [-0.4, -0.2) is 21.3 Å². The molecular formula is C16H11ClFN3O. The van der Waals surface area contributed by atoms with Gasteiger partial charge in [-0.15, -0.1) is 5.10 Å². The third kappa shape index (κ3) is 2.40. The van der Waals surface area contributed by atoms with Gasteiger partial charge in [-0.05, 0) is 36.8 Å². The van der Waals surface area contributed by atoms with Gasteiger partial charge in [0.2, 0.25) is 0 Å². The lowest BCUT2D eigenvalue weighted by Crippen LogP contribution is -2.02. The lowest BCUT2D eigenvalue weighted by atomic mass is 10.1. The van der Waals surface area contributed by atoms with E-state index in [1.165, 1.54) is 16.8 Å². The summed E-state index contributed by atoms with van der Waals surface area (Å²) in [6.45, 7) is 1.84. The number of aldehydes is 1. The lowest BCUT2D eigenvalue weighted by Gasteiger charge is -2.10. The minimum Gasteiger partial charge on any atom is -0.296 e. The third-order valence-corrected chi connectivity index (χ3v) is 3.78. The van der Waals surface area contributed by atoms with E-state index >= 15 is 0 Å². The zero-order valence-electron chi connectivity index (χ0n) is 11.6. The van der Waals surface area contributed by atoms with Crippen molar-refractivity contribution in [1.29, 1.82) is 0 Å². The third-order valence-electron chi connectivity index (χ3n) is 3.37. The van der Waals surface area contributed by atoms with Crippen LogP contribution in [0.4, 0.5) is 4.39 Å². The second-order valence-corrected chi connectivity index (χ2v) is 5.15. The maximum absolute atomic E-state index is 13.5. The van der Waals surface area contributed by atoms with Crippen molar-refractivity contribution in [3.05, 3.63) is 64.6 Å². The van der Waals surface area contributed by atoms with E-state index in [2.05, 4.69) is 10.3 Å². The number of hydrogen-bond donors (Lipinski definition) is 0. The fraction of sp³-hybridized carbons (Fsp3) is 0.0625. The zero-order chi connectivity index (χ0) is 15.7. The summed E-state index contributed by atoms with van der Waals surface area (Å²) in [5.41, 5.74) is 2.58. The predicted octanol–water partition coefficient (Wildman–Crippen LogP) is 3.85. The molecule has 0 bridgehead atoms. The molecule has 0 atom stereocenters. The zero-order valence-corrected chi connectivity index (χ0v) is 12.4. The number of aromatic nitrogens is 3. The summed E-state index contributed by atoms with van der Waals surface area (Å²) < 4.78 is 15.0. The smallest absolute Gasteiger partial charge is 0.172 e. The Labute approximate surface area is 131 Å². The van der Waals surface area contributed by atoms with Crippen LogP contribution in [0.2, 0.25) is 5.02 Å². The number of carbonyl (C=O) groups is 1. The van der Waals surface area contributed by atoms with Crippen molar-refractivity contribution in [2.75, 3.05) is 0 Å². The Morgan fingerprint density at radius 1 is 1.23 bits per heavy atom. The molecule has 6 heteroatoms. The van der Waals surface area contributed by atoms with E-state index in [0.717, 1.165) is 5.56 Å². The van der Waals surface area contributed by atoms with Crippen molar-refractivity contribution < 1.29 is 9.18 Å². The van der Waals surface area contributed by atoms with Crippen LogP contribution in [0.3, 0.4) is 0 Å². The molecular weight excluding hydrogens is 305 g/mol. The maximum Gasteiger partial charge on any atom is 0.172 e. The van der Waals surface area contributed by atoms with Crippen molar-refractivity contribution in [1.82, 2.24) is 15.0 Å². The van der Waals surface area contributed by atoms with Crippen LogP contribution >= 0.6 is 11.6 Å². The summed E-state index contributed by atoms with van der Waals surface area (Å²) in [5, 5.41) is 8.46. The summed E-state index contributed by atoms with van der Waals surface area (Å²) in [7, 11) is 0. The highest BCUT2D eigenvalue weighted by Crippen LogP contribution is 2.28. The van der Waals surface area contributed by atoms with Gasteiger partial charge in [-0.25, -0.2) is 9.07 Å². The summed E-state index contributed by atoms with van der Waals surface area (Å²) in [5.74, 6) is -0.398. The number of nitrogens with zero attached hydrogens (tertiary/aromatic N) is 3. The molecule has 2 aromatic carbocycles. The van der Waals surface area contributed by atoms with Crippen LogP contribution in [0.5, 0.6) is 0 Å². The van der Waals surface area contributed by atoms with E-state index in [-0.39, 0.29) is 5.69 Å². The average Bonchev–Trinajstić information content (AvgIpc) is 2.93. The number of carbonyl (C=O) groups excluding carboxylic acids is 1. The van der Waals surface area contributed by atoms with Crippen molar-refractivity contribution in [3.8, 4) is 16.9 Å². The second-order valence-electron chi connectivity index (χ2n) is 4.75. The lowest BCUT2D eigenvalue weighted by molar-refractivity contribution is 0.111. The van der Waals surface area contributed by atoms with Crippen LogP contribution < -0.4 is 0 Å². The SMILES string of the molecule is Cc1c(Cl)cccc1-n1nnc(C=O)c1-c1cccc(F)c1. The molecule has 4 nitrogen and oxygen atoms in total. The van der Waals surface area contributed by atoms with E-state index in [9.17, 15) is 9.18 Å². The first-order chi connectivity index (χ1) is 10.6. The van der Waals surface area contributed by atoms with Gasteiger partial charge in [0.05, 0.1) is 5.69 Å². The van der Waals surface area contributed by atoms with Crippen molar-refractivity contribution in [2.24, 2.45) is 0 Å². The van der Waals surface area contributed by atoms with Crippen LogP contribution in [0.15, 0.2) is 42.5 Å². The van der Waals surface area contributed by atoms with Gasteiger partial charge in [0, 0.05) is 10.6 Å². The van der Waals surface area contributed by atoms with Gasteiger partial charge in [-0.1, -0.05) is 35.0 Å². The summed E-state index contributed by atoms with van der Waals surface area (Å²) in [4.78, 5) is 11.2. The van der Waals surface area contributed by atoms with Gasteiger partial charge < -0.3 is 0 Å². The van der Waals surface area contributed by atoms with E-state index in [1.807, 2.05) is 13.0 Å². The van der Waals surface area contributed by atoms with Gasteiger partial charge in [-0.2, -0.15) is 0 Å². The molecule has 0 aliphatic heterocycles. The fourth-order valence-electron chi connectivity index (χ4n) is 2.27. The first-order valence-electron chi connectivity index (χ1n) is 6.54. The van der Waals surface area contributed by atoms with Crippen LogP contribution in [0.1, 0.15) is 16.1 Å². The van der Waals surface area contributed by atoms with Crippen LogP contribution in [0, 0.1) is 12.7 Å². The number of benzene rings is 2. The molecule has 1 heterocycles.